The van der Waals surface area contributed by atoms with Gasteiger partial charge in [0, 0.05) is 64.5 Å². The van der Waals surface area contributed by atoms with Crippen LogP contribution in [0.25, 0.3) is 75.4 Å². The van der Waals surface area contributed by atoms with Crippen molar-refractivity contribution in [2.45, 2.75) is 77.6 Å². The number of anilines is 3. The van der Waals surface area contributed by atoms with E-state index in [0.717, 1.165) is 11.2 Å². The molecule has 294 valence electrons. The number of rotatable bonds is 1. The number of para-hydroxylation sites is 2. The summed E-state index contributed by atoms with van der Waals surface area (Å²) in [6, 6.07) is 46.5. The van der Waals surface area contributed by atoms with Gasteiger partial charge in [0.05, 0.1) is 5.52 Å². The number of nitrogens with zero attached hydrogens (tertiary/aromatic N) is 2. The first-order valence-corrected chi connectivity index (χ1v) is 22.9. The summed E-state index contributed by atoms with van der Waals surface area (Å²) in [6.45, 7) is 17.0. The van der Waals surface area contributed by atoms with Crippen molar-refractivity contribution in [3.63, 3.8) is 0 Å². The third-order valence-electron chi connectivity index (χ3n) is 15.7. The summed E-state index contributed by atoms with van der Waals surface area (Å²) in [7, 11) is 0. The highest BCUT2D eigenvalue weighted by atomic mass is 32.1. The molecule has 3 nitrogen and oxygen atoms in total. The summed E-state index contributed by atoms with van der Waals surface area (Å²) in [5, 5.41) is 5.01. The van der Waals surface area contributed by atoms with Crippen LogP contribution in [0.2, 0.25) is 0 Å². The van der Waals surface area contributed by atoms with Crippen LogP contribution in [-0.4, -0.2) is 11.3 Å². The lowest BCUT2D eigenvalue weighted by Crippen LogP contribution is -2.57. The first kappa shape index (κ1) is 34.7. The average Bonchev–Trinajstić information content (AvgIpc) is 3.98. The Morgan fingerprint density at radius 3 is 2.11 bits per heavy atom. The summed E-state index contributed by atoms with van der Waals surface area (Å²) < 4.78 is 12.4. The second-order valence-electron chi connectivity index (χ2n) is 20.3. The number of thiophene rings is 1. The SMILES string of the molecule is Cc1cc2c(cc1N1c3cc4c(c5c3B(c3c1ccc1c3sc3ccccc31)n1c3c-5cccc3c3oc5ccccc5c31)C(C)(C)c1ccccc1-4)C(C)(C)CCC2(C)C. The lowest BCUT2D eigenvalue weighted by atomic mass is 9.44. The van der Waals surface area contributed by atoms with Crippen molar-refractivity contribution < 1.29 is 4.42 Å². The number of fused-ring (bicyclic) bond motifs is 18. The molecule has 2 aliphatic carbocycles. The van der Waals surface area contributed by atoms with Gasteiger partial charge in [-0.2, -0.15) is 0 Å². The lowest BCUT2D eigenvalue weighted by molar-refractivity contribution is 0.332. The molecule has 0 N–H and O–H groups in total. The van der Waals surface area contributed by atoms with Gasteiger partial charge in [-0.1, -0.05) is 120 Å². The van der Waals surface area contributed by atoms with Gasteiger partial charge >= 0.3 is 6.85 Å². The molecule has 14 rings (SSSR count). The van der Waals surface area contributed by atoms with Crippen LogP contribution in [-0.2, 0) is 16.2 Å². The van der Waals surface area contributed by atoms with E-state index in [0.29, 0.717) is 0 Å². The monoisotopic (exact) mass is 804 g/mol. The largest absolute Gasteiger partial charge is 0.454 e. The smallest absolute Gasteiger partial charge is 0.334 e. The maximum absolute atomic E-state index is 6.95. The van der Waals surface area contributed by atoms with Crippen molar-refractivity contribution in [2.24, 2.45) is 0 Å². The molecular weight excluding hydrogens is 760 g/mol. The number of aryl methyl sites for hydroxylation is 1. The normalized spacial score (nSPS) is 17.3. The molecule has 4 aliphatic rings. The minimum atomic E-state index is -0.213. The Kier molecular flexibility index (Phi) is 6.29. The number of hydrogen-bond donors (Lipinski definition) is 0. The predicted molar refractivity (Wildman–Crippen MR) is 260 cm³/mol. The van der Waals surface area contributed by atoms with Crippen molar-refractivity contribution in [3.05, 3.63) is 149 Å². The molecule has 0 unspecified atom stereocenters. The van der Waals surface area contributed by atoms with Gasteiger partial charge in [0.25, 0.3) is 0 Å². The average molecular weight is 805 g/mol. The fourth-order valence-corrected chi connectivity index (χ4v) is 14.0. The molecule has 0 atom stereocenters. The van der Waals surface area contributed by atoms with E-state index in [4.69, 9.17) is 4.42 Å². The summed E-state index contributed by atoms with van der Waals surface area (Å²) in [6.07, 6.45) is 2.37. The maximum atomic E-state index is 6.95. The molecule has 10 aromatic rings. The zero-order valence-electron chi connectivity index (χ0n) is 35.7. The predicted octanol–water partition coefficient (Wildman–Crippen LogP) is 14.3. The molecule has 3 aromatic heterocycles. The van der Waals surface area contributed by atoms with E-state index in [1.165, 1.54) is 133 Å². The van der Waals surface area contributed by atoms with Gasteiger partial charge in [-0.3, -0.25) is 0 Å². The first-order valence-electron chi connectivity index (χ1n) is 22.1. The quantitative estimate of drug-likeness (QED) is 0.154. The topological polar surface area (TPSA) is 21.3 Å². The van der Waals surface area contributed by atoms with Gasteiger partial charge < -0.3 is 13.8 Å². The van der Waals surface area contributed by atoms with Crippen molar-refractivity contribution in [2.75, 3.05) is 4.90 Å². The summed E-state index contributed by atoms with van der Waals surface area (Å²) in [4.78, 5) is 2.70. The van der Waals surface area contributed by atoms with E-state index >= 15 is 0 Å². The molecule has 0 radical (unpaired) electrons. The molecule has 0 spiro atoms. The van der Waals surface area contributed by atoms with Gasteiger partial charge in [0.15, 0.2) is 5.58 Å². The highest BCUT2D eigenvalue weighted by Gasteiger charge is 2.50. The Labute approximate surface area is 360 Å². The number of aromatic nitrogens is 1. The summed E-state index contributed by atoms with van der Waals surface area (Å²) in [5.74, 6) is 0. The summed E-state index contributed by atoms with van der Waals surface area (Å²) in [5.41, 5.74) is 23.5. The Balaban J connectivity index is 1.22. The van der Waals surface area contributed by atoms with E-state index in [2.05, 4.69) is 179 Å². The molecule has 7 aromatic carbocycles. The maximum Gasteiger partial charge on any atom is 0.334 e. The Hall–Kier alpha value is -6.04. The standard InChI is InChI=1S/C56H45BN2OS/c1-30-27-39-40(55(4,5)26-25-54(39,2)3)29-42(30)58-41-24-23-33-32-16-10-13-22-45(32)61-53(33)49(41)57-48-43(58)28-37-31-15-8-11-20-38(31)56(6,7)47(37)46(48)35-18-14-19-36-50(35)59(57)51-34-17-9-12-21-44(34)60-52(36)51/h8-24,27-29H,25-26H2,1-7H3. The van der Waals surface area contributed by atoms with E-state index in [9.17, 15) is 0 Å². The minimum absolute atomic E-state index is 0.0633. The fourth-order valence-electron chi connectivity index (χ4n) is 12.7. The second kappa shape index (κ2) is 11.1. The van der Waals surface area contributed by atoms with Crippen LogP contribution in [0.4, 0.5) is 17.1 Å². The van der Waals surface area contributed by atoms with Gasteiger partial charge in [0.1, 0.15) is 5.58 Å². The molecule has 0 saturated carbocycles. The molecule has 5 heterocycles. The van der Waals surface area contributed by atoms with Crippen LogP contribution in [0.3, 0.4) is 0 Å². The van der Waals surface area contributed by atoms with Crippen LogP contribution >= 0.6 is 11.3 Å². The van der Waals surface area contributed by atoms with Crippen LogP contribution < -0.4 is 15.8 Å². The first-order chi connectivity index (χ1) is 29.4. The van der Waals surface area contributed by atoms with E-state index in [-0.39, 0.29) is 23.1 Å². The van der Waals surface area contributed by atoms with Gasteiger partial charge in [0.2, 0.25) is 0 Å². The Bertz CT molecular complexity index is 3670. The van der Waals surface area contributed by atoms with Crippen molar-refractivity contribution in [1.29, 1.82) is 0 Å². The van der Waals surface area contributed by atoms with E-state index in [1.54, 1.807) is 0 Å². The molecular formula is C56H45BN2OS. The van der Waals surface area contributed by atoms with Gasteiger partial charge in [-0.05, 0) is 128 Å². The lowest BCUT2D eigenvalue weighted by Gasteiger charge is -2.45. The molecule has 61 heavy (non-hydrogen) atoms. The van der Waals surface area contributed by atoms with Crippen molar-refractivity contribution in [3.8, 4) is 22.3 Å². The summed E-state index contributed by atoms with van der Waals surface area (Å²) >= 11 is 1.96. The minimum Gasteiger partial charge on any atom is -0.454 e. The second-order valence-corrected chi connectivity index (χ2v) is 21.3. The number of benzene rings is 7. The Morgan fingerprint density at radius 2 is 1.28 bits per heavy atom. The van der Waals surface area contributed by atoms with Crippen LogP contribution in [0.1, 0.15) is 82.2 Å². The zero-order valence-corrected chi connectivity index (χ0v) is 36.6. The zero-order chi connectivity index (χ0) is 41.1. The molecule has 0 amide bonds. The molecule has 5 heteroatoms. The van der Waals surface area contributed by atoms with Gasteiger partial charge in [-0.15, -0.1) is 11.3 Å². The number of hydrogen-bond acceptors (Lipinski definition) is 3. The van der Waals surface area contributed by atoms with Crippen LogP contribution in [0, 0.1) is 6.92 Å². The Morgan fingerprint density at radius 1 is 0.574 bits per heavy atom. The van der Waals surface area contributed by atoms with E-state index in [1.807, 2.05) is 11.3 Å². The molecule has 2 aliphatic heterocycles. The van der Waals surface area contributed by atoms with Crippen molar-refractivity contribution in [1.82, 2.24) is 4.48 Å². The number of furan rings is 1. The van der Waals surface area contributed by atoms with Crippen LogP contribution in [0.15, 0.2) is 126 Å². The van der Waals surface area contributed by atoms with Crippen molar-refractivity contribution >= 4 is 99.3 Å². The highest BCUT2D eigenvalue weighted by molar-refractivity contribution is 7.27. The third kappa shape index (κ3) is 4.08. The van der Waals surface area contributed by atoms with Crippen LogP contribution in [0.5, 0.6) is 0 Å². The van der Waals surface area contributed by atoms with E-state index < -0.39 is 0 Å². The third-order valence-corrected chi connectivity index (χ3v) is 16.9. The molecule has 0 fully saturated rings. The fraction of sp³-hybridized carbons (Fsp3) is 0.214. The van der Waals surface area contributed by atoms with Gasteiger partial charge in [-0.25, -0.2) is 0 Å². The highest BCUT2D eigenvalue weighted by Crippen LogP contribution is 2.58. The molecule has 0 bridgehead atoms. The molecule has 0 saturated heterocycles.